The zero-order valence-corrected chi connectivity index (χ0v) is 14.0. The van der Waals surface area contributed by atoms with Gasteiger partial charge in [0, 0.05) is 37.4 Å². The highest BCUT2D eigenvalue weighted by molar-refractivity contribution is 5.93. The van der Waals surface area contributed by atoms with Crippen molar-refractivity contribution >= 4 is 22.5 Å². The molecule has 1 saturated carbocycles. The molecule has 4 rings (SSSR count). The predicted molar refractivity (Wildman–Crippen MR) is 95.2 cm³/mol. The number of pyridine rings is 1. The highest BCUT2D eigenvalue weighted by Gasteiger charge is 2.34. The van der Waals surface area contributed by atoms with Crippen molar-refractivity contribution in [2.24, 2.45) is 18.9 Å². The Morgan fingerprint density at radius 3 is 2.50 bits per heavy atom. The molecule has 126 valence electrons. The number of carbonyl (C=O) groups excluding carboxylic acids is 1. The normalized spacial score (nSPS) is 18.8. The first-order chi connectivity index (χ1) is 11.6. The minimum atomic E-state index is -0.0589. The van der Waals surface area contributed by atoms with Gasteiger partial charge in [-0.2, -0.15) is 0 Å². The summed E-state index contributed by atoms with van der Waals surface area (Å²) < 4.78 is 1.55. The van der Waals surface area contributed by atoms with Crippen LogP contribution < -0.4 is 10.9 Å². The molecular weight excluding hydrogens is 302 g/mol. The van der Waals surface area contributed by atoms with Crippen molar-refractivity contribution in [1.29, 1.82) is 0 Å². The first-order valence-corrected chi connectivity index (χ1v) is 8.77. The van der Waals surface area contributed by atoms with Gasteiger partial charge in [-0.05, 0) is 61.1 Å². The van der Waals surface area contributed by atoms with E-state index in [1.165, 1.54) is 12.8 Å². The molecule has 2 heterocycles. The third-order valence-electron chi connectivity index (χ3n) is 5.45. The first kappa shape index (κ1) is 15.2. The van der Waals surface area contributed by atoms with Crippen LogP contribution in [0.25, 0.3) is 10.8 Å². The number of carbonyl (C=O) groups is 1. The number of anilines is 1. The molecule has 2 amide bonds. The molecule has 1 aromatic heterocycles. The summed E-state index contributed by atoms with van der Waals surface area (Å²) in [5, 5.41) is 4.47. The number of aromatic nitrogens is 1. The molecule has 0 atom stereocenters. The van der Waals surface area contributed by atoms with Crippen molar-refractivity contribution in [2.75, 3.05) is 18.4 Å². The number of benzene rings is 1. The van der Waals surface area contributed by atoms with E-state index < -0.39 is 0 Å². The van der Waals surface area contributed by atoms with Crippen LogP contribution in [-0.2, 0) is 7.05 Å². The summed E-state index contributed by atoms with van der Waals surface area (Å²) in [6.07, 6.45) is 6.76. The second-order valence-corrected chi connectivity index (χ2v) is 7.13. The summed E-state index contributed by atoms with van der Waals surface area (Å²) >= 11 is 0. The Labute approximate surface area is 141 Å². The van der Waals surface area contributed by atoms with Crippen molar-refractivity contribution in [3.8, 4) is 0 Å². The maximum Gasteiger partial charge on any atom is 0.321 e. The van der Waals surface area contributed by atoms with Crippen LogP contribution in [0, 0.1) is 11.8 Å². The molecule has 1 N–H and O–H groups in total. The van der Waals surface area contributed by atoms with E-state index in [0.29, 0.717) is 11.1 Å². The molecule has 5 nitrogen and oxygen atoms in total. The molecule has 1 saturated heterocycles. The summed E-state index contributed by atoms with van der Waals surface area (Å²) in [7, 11) is 1.73. The number of aryl methyl sites for hydroxylation is 1. The average molecular weight is 325 g/mol. The Kier molecular flexibility index (Phi) is 3.79. The molecule has 0 bridgehead atoms. The molecule has 0 radical (unpaired) electrons. The third kappa shape index (κ3) is 2.90. The van der Waals surface area contributed by atoms with Crippen LogP contribution in [0.1, 0.15) is 25.7 Å². The van der Waals surface area contributed by atoms with E-state index >= 15 is 0 Å². The highest BCUT2D eigenvalue weighted by atomic mass is 16.2. The van der Waals surface area contributed by atoms with E-state index in [-0.39, 0.29) is 11.6 Å². The van der Waals surface area contributed by atoms with E-state index in [4.69, 9.17) is 0 Å². The number of fused-ring (bicyclic) bond motifs is 1. The molecule has 0 spiro atoms. The van der Waals surface area contributed by atoms with Gasteiger partial charge in [0.05, 0.1) is 0 Å². The lowest BCUT2D eigenvalue weighted by molar-refractivity contribution is 0.176. The topological polar surface area (TPSA) is 54.3 Å². The van der Waals surface area contributed by atoms with E-state index in [9.17, 15) is 9.59 Å². The number of likely N-dealkylation sites (tertiary alicyclic amines) is 1. The number of amides is 2. The standard InChI is InChI=1S/C19H23N3O2/c1-21-9-6-15-4-5-16(12-17(15)18(21)23)20-19(24)22-10-7-14(8-11-22)13-2-3-13/h4-6,9,12-14H,2-3,7-8,10-11H2,1H3,(H,20,24). The van der Waals surface area contributed by atoms with Crippen LogP contribution in [0.15, 0.2) is 35.3 Å². The van der Waals surface area contributed by atoms with Gasteiger partial charge in [0.15, 0.2) is 0 Å². The fraction of sp³-hybridized carbons (Fsp3) is 0.474. The SMILES string of the molecule is Cn1ccc2ccc(NC(=O)N3CCC(C4CC4)CC3)cc2c1=O. The second kappa shape index (κ2) is 5.96. The number of hydrogen-bond acceptors (Lipinski definition) is 2. The van der Waals surface area contributed by atoms with Crippen molar-refractivity contribution in [2.45, 2.75) is 25.7 Å². The Hall–Kier alpha value is -2.30. The molecule has 1 aliphatic heterocycles. The maximum absolute atomic E-state index is 12.5. The van der Waals surface area contributed by atoms with Crippen LogP contribution in [0.3, 0.4) is 0 Å². The molecule has 5 heteroatoms. The van der Waals surface area contributed by atoms with E-state index in [1.54, 1.807) is 23.9 Å². The van der Waals surface area contributed by atoms with Gasteiger partial charge in [0.1, 0.15) is 0 Å². The van der Waals surface area contributed by atoms with Crippen LogP contribution in [0.4, 0.5) is 10.5 Å². The number of rotatable bonds is 2. The fourth-order valence-electron chi connectivity index (χ4n) is 3.76. The lowest BCUT2D eigenvalue weighted by atomic mass is 9.92. The van der Waals surface area contributed by atoms with Gasteiger partial charge in [0.2, 0.25) is 0 Å². The Morgan fingerprint density at radius 2 is 1.79 bits per heavy atom. The smallest absolute Gasteiger partial charge is 0.321 e. The molecule has 0 unspecified atom stereocenters. The van der Waals surface area contributed by atoms with Crippen LogP contribution in [-0.4, -0.2) is 28.6 Å². The van der Waals surface area contributed by atoms with Crippen LogP contribution in [0.5, 0.6) is 0 Å². The molecule has 1 aliphatic carbocycles. The summed E-state index contributed by atoms with van der Waals surface area (Å²) in [6, 6.07) is 7.36. The number of hydrogen-bond donors (Lipinski definition) is 1. The maximum atomic E-state index is 12.5. The Balaban J connectivity index is 1.46. The number of nitrogens with one attached hydrogen (secondary N) is 1. The third-order valence-corrected chi connectivity index (χ3v) is 5.45. The van der Waals surface area contributed by atoms with Gasteiger partial charge in [-0.25, -0.2) is 4.79 Å². The van der Waals surface area contributed by atoms with Crippen LogP contribution >= 0.6 is 0 Å². The summed E-state index contributed by atoms with van der Waals surface area (Å²) in [5.41, 5.74) is 0.633. The van der Waals surface area contributed by atoms with Gasteiger partial charge in [-0.15, -0.1) is 0 Å². The molecule has 2 fully saturated rings. The Morgan fingerprint density at radius 1 is 1.08 bits per heavy atom. The number of urea groups is 1. The van der Waals surface area contributed by atoms with E-state index in [2.05, 4.69) is 5.32 Å². The molecule has 24 heavy (non-hydrogen) atoms. The largest absolute Gasteiger partial charge is 0.325 e. The predicted octanol–water partition coefficient (Wildman–Crippen LogP) is 3.19. The minimum Gasteiger partial charge on any atom is -0.325 e. The average Bonchev–Trinajstić information content (AvgIpc) is 3.44. The van der Waals surface area contributed by atoms with Gasteiger partial charge in [-0.1, -0.05) is 6.07 Å². The minimum absolute atomic E-state index is 0.0474. The number of piperidine rings is 1. The van der Waals surface area contributed by atoms with Crippen LogP contribution in [0.2, 0.25) is 0 Å². The quantitative estimate of drug-likeness (QED) is 0.922. The highest BCUT2D eigenvalue weighted by Crippen LogP contribution is 2.41. The second-order valence-electron chi connectivity index (χ2n) is 7.13. The van der Waals surface area contributed by atoms with E-state index in [1.807, 2.05) is 23.1 Å². The lowest BCUT2D eigenvalue weighted by Gasteiger charge is -2.32. The van der Waals surface area contributed by atoms with Crippen molar-refractivity contribution in [3.63, 3.8) is 0 Å². The number of nitrogens with zero attached hydrogens (tertiary/aromatic N) is 2. The van der Waals surface area contributed by atoms with Crippen molar-refractivity contribution in [3.05, 3.63) is 40.8 Å². The lowest BCUT2D eigenvalue weighted by Crippen LogP contribution is -2.41. The van der Waals surface area contributed by atoms with Crippen molar-refractivity contribution in [1.82, 2.24) is 9.47 Å². The monoisotopic (exact) mass is 325 g/mol. The molecule has 2 aromatic rings. The fourth-order valence-corrected chi connectivity index (χ4v) is 3.76. The molecular formula is C19H23N3O2. The Bertz CT molecular complexity index is 830. The molecule has 1 aromatic carbocycles. The van der Waals surface area contributed by atoms with Gasteiger partial charge >= 0.3 is 6.03 Å². The van der Waals surface area contributed by atoms with Gasteiger partial charge in [0.25, 0.3) is 5.56 Å². The zero-order valence-electron chi connectivity index (χ0n) is 14.0. The van der Waals surface area contributed by atoms with E-state index in [0.717, 1.165) is 43.2 Å². The van der Waals surface area contributed by atoms with Gasteiger partial charge < -0.3 is 14.8 Å². The molecule has 2 aliphatic rings. The summed E-state index contributed by atoms with van der Waals surface area (Å²) in [6.45, 7) is 1.67. The van der Waals surface area contributed by atoms with Gasteiger partial charge in [-0.3, -0.25) is 4.79 Å². The van der Waals surface area contributed by atoms with Crippen molar-refractivity contribution < 1.29 is 4.79 Å². The summed E-state index contributed by atoms with van der Waals surface area (Å²) in [5.74, 6) is 1.74. The zero-order chi connectivity index (χ0) is 16.7. The summed E-state index contributed by atoms with van der Waals surface area (Å²) in [4.78, 5) is 26.6. The first-order valence-electron chi connectivity index (χ1n) is 8.77.